The van der Waals surface area contributed by atoms with E-state index >= 15 is 0 Å². The Kier molecular flexibility index (Phi) is 3.51. The van der Waals surface area contributed by atoms with Crippen LogP contribution in [0.4, 0.5) is 0 Å². The van der Waals surface area contributed by atoms with E-state index in [2.05, 4.69) is 0 Å². The molecular formula is C13H18N2O4S. The fraction of sp³-hybridized carbons (Fsp3) is 0.462. The lowest BCUT2D eigenvalue weighted by molar-refractivity contribution is -0.142. The number of para-hydroxylation sites is 1. The van der Waals surface area contributed by atoms with Crippen molar-refractivity contribution in [2.24, 2.45) is 0 Å². The zero-order valence-electron chi connectivity index (χ0n) is 11.7. The molecule has 0 bridgehead atoms. The lowest BCUT2D eigenvalue weighted by Crippen LogP contribution is -2.63. The fourth-order valence-electron chi connectivity index (χ4n) is 2.41. The third-order valence-electron chi connectivity index (χ3n) is 3.57. The Hall–Kier alpha value is -1.60. The van der Waals surface area contributed by atoms with Gasteiger partial charge in [-0.1, -0.05) is 12.1 Å². The number of amides is 1. The van der Waals surface area contributed by atoms with Crippen LogP contribution in [0.2, 0.25) is 0 Å². The molecule has 0 aliphatic carbocycles. The normalized spacial score (nSPS) is 20.1. The Morgan fingerprint density at radius 2 is 1.80 bits per heavy atom. The molecule has 20 heavy (non-hydrogen) atoms. The molecule has 2 rings (SSSR count). The summed E-state index contributed by atoms with van der Waals surface area (Å²) in [5, 5.41) is 9.76. The average Bonchev–Trinajstić information content (AvgIpc) is 2.36. The Morgan fingerprint density at radius 1 is 1.20 bits per heavy atom. The van der Waals surface area contributed by atoms with Crippen molar-refractivity contribution < 1.29 is 18.3 Å². The van der Waals surface area contributed by atoms with Gasteiger partial charge in [0.2, 0.25) is 15.9 Å². The molecule has 1 aromatic carbocycles. The predicted molar refractivity (Wildman–Crippen MR) is 73.7 cm³/mol. The van der Waals surface area contributed by atoms with E-state index in [4.69, 9.17) is 0 Å². The molecule has 1 aliphatic heterocycles. The Bertz CT molecular complexity index is 640. The average molecular weight is 298 g/mol. The number of aromatic hydroxyl groups is 1. The van der Waals surface area contributed by atoms with Gasteiger partial charge in [-0.2, -0.15) is 4.31 Å². The smallest absolute Gasteiger partial charge is 0.247 e. The number of carbonyl (C=O) groups is 1. The summed E-state index contributed by atoms with van der Waals surface area (Å²) >= 11 is 0. The van der Waals surface area contributed by atoms with Gasteiger partial charge in [-0.05, 0) is 26.0 Å². The maximum atomic E-state index is 12.7. The first-order valence-corrected chi connectivity index (χ1v) is 7.69. The van der Waals surface area contributed by atoms with Crippen LogP contribution in [0.3, 0.4) is 0 Å². The van der Waals surface area contributed by atoms with Crippen LogP contribution in [-0.2, 0) is 14.8 Å². The molecule has 0 aromatic heterocycles. The summed E-state index contributed by atoms with van der Waals surface area (Å²) in [6.07, 6.45) is 0. The van der Waals surface area contributed by atoms with Crippen molar-refractivity contribution in [3.63, 3.8) is 0 Å². The Labute approximate surface area is 118 Å². The minimum atomic E-state index is -3.92. The molecule has 0 atom stereocenters. The van der Waals surface area contributed by atoms with Crippen molar-refractivity contribution in [1.82, 2.24) is 9.21 Å². The van der Waals surface area contributed by atoms with E-state index in [1.165, 1.54) is 23.1 Å². The highest BCUT2D eigenvalue weighted by atomic mass is 32.2. The molecule has 6 nitrogen and oxygen atoms in total. The summed E-state index contributed by atoms with van der Waals surface area (Å²) in [5.41, 5.74) is -1.17. The van der Waals surface area contributed by atoms with Crippen LogP contribution < -0.4 is 0 Å². The third-order valence-corrected chi connectivity index (χ3v) is 5.69. The molecule has 7 heteroatoms. The van der Waals surface area contributed by atoms with Crippen molar-refractivity contribution in [3.05, 3.63) is 24.3 Å². The van der Waals surface area contributed by atoms with E-state index in [-0.39, 0.29) is 23.1 Å². The van der Waals surface area contributed by atoms with Crippen LogP contribution in [-0.4, -0.2) is 54.3 Å². The topological polar surface area (TPSA) is 77.9 Å². The highest BCUT2D eigenvalue weighted by molar-refractivity contribution is 7.89. The van der Waals surface area contributed by atoms with Crippen LogP contribution in [0.15, 0.2) is 29.2 Å². The third kappa shape index (κ3) is 2.16. The zero-order valence-corrected chi connectivity index (χ0v) is 12.5. The van der Waals surface area contributed by atoms with Gasteiger partial charge in [0.05, 0.1) is 0 Å². The number of hydrogen-bond acceptors (Lipinski definition) is 4. The second-order valence-corrected chi connectivity index (χ2v) is 7.16. The quantitative estimate of drug-likeness (QED) is 0.869. The van der Waals surface area contributed by atoms with E-state index in [1.807, 2.05) is 0 Å². The van der Waals surface area contributed by atoms with Crippen molar-refractivity contribution in [2.45, 2.75) is 24.3 Å². The van der Waals surface area contributed by atoms with Crippen molar-refractivity contribution in [3.8, 4) is 5.75 Å². The number of benzene rings is 1. The SMILES string of the molecule is CN1CCN(S(=O)(=O)c2ccccc2O)C(C)(C)C1=O. The van der Waals surface area contributed by atoms with Crippen molar-refractivity contribution >= 4 is 15.9 Å². The molecule has 1 N–H and O–H groups in total. The van der Waals surface area contributed by atoms with Gasteiger partial charge in [-0.25, -0.2) is 8.42 Å². The molecule has 0 unspecified atom stereocenters. The molecule has 1 heterocycles. The van der Waals surface area contributed by atoms with Crippen molar-refractivity contribution in [1.29, 1.82) is 0 Å². The number of rotatable bonds is 2. The first-order chi connectivity index (χ1) is 9.19. The second-order valence-electron chi connectivity index (χ2n) is 5.33. The summed E-state index contributed by atoms with van der Waals surface area (Å²) in [6, 6.07) is 5.74. The van der Waals surface area contributed by atoms with E-state index < -0.39 is 15.6 Å². The summed E-state index contributed by atoms with van der Waals surface area (Å²) in [4.78, 5) is 13.5. The van der Waals surface area contributed by atoms with Gasteiger partial charge >= 0.3 is 0 Å². The van der Waals surface area contributed by atoms with Gasteiger partial charge in [0.1, 0.15) is 16.2 Å². The van der Waals surface area contributed by atoms with Crippen LogP contribution in [0.1, 0.15) is 13.8 Å². The number of piperazine rings is 1. The number of phenols is 1. The molecule has 0 radical (unpaired) electrons. The highest BCUT2D eigenvalue weighted by Gasteiger charge is 2.47. The number of carbonyl (C=O) groups excluding carboxylic acids is 1. The monoisotopic (exact) mass is 298 g/mol. The fourth-order valence-corrected chi connectivity index (χ4v) is 4.23. The summed E-state index contributed by atoms with van der Waals surface area (Å²) in [5.74, 6) is -0.572. The molecule has 0 saturated carbocycles. The minimum Gasteiger partial charge on any atom is -0.507 e. The van der Waals surface area contributed by atoms with E-state index in [1.54, 1.807) is 27.0 Å². The first kappa shape index (κ1) is 14.8. The second kappa shape index (κ2) is 4.75. The van der Waals surface area contributed by atoms with Gasteiger partial charge in [-0.15, -0.1) is 0 Å². The van der Waals surface area contributed by atoms with Gasteiger partial charge in [-0.3, -0.25) is 4.79 Å². The number of nitrogens with zero attached hydrogens (tertiary/aromatic N) is 2. The van der Waals surface area contributed by atoms with E-state index in [9.17, 15) is 18.3 Å². The Balaban J connectivity index is 2.50. The zero-order chi connectivity index (χ0) is 15.1. The highest BCUT2D eigenvalue weighted by Crippen LogP contribution is 2.32. The minimum absolute atomic E-state index is 0.176. The number of phenolic OH excluding ortho intramolecular Hbond substituents is 1. The van der Waals surface area contributed by atoms with Crippen molar-refractivity contribution in [2.75, 3.05) is 20.1 Å². The summed E-state index contributed by atoms with van der Waals surface area (Å²) in [6.45, 7) is 3.67. The number of likely N-dealkylation sites (N-methyl/N-ethyl adjacent to an activating group) is 1. The Morgan fingerprint density at radius 3 is 2.40 bits per heavy atom. The maximum absolute atomic E-state index is 12.7. The van der Waals surface area contributed by atoms with Crippen LogP contribution in [0, 0.1) is 0 Å². The van der Waals surface area contributed by atoms with Gasteiger partial charge in [0, 0.05) is 20.1 Å². The van der Waals surface area contributed by atoms with Crippen LogP contribution >= 0.6 is 0 Å². The lowest BCUT2D eigenvalue weighted by atomic mass is 10.0. The molecule has 1 saturated heterocycles. The van der Waals surface area contributed by atoms with Crippen LogP contribution in [0.25, 0.3) is 0 Å². The van der Waals surface area contributed by atoms with Gasteiger partial charge in [0.15, 0.2) is 0 Å². The summed E-state index contributed by atoms with van der Waals surface area (Å²) in [7, 11) is -2.27. The lowest BCUT2D eigenvalue weighted by Gasteiger charge is -2.43. The number of hydrogen-bond donors (Lipinski definition) is 1. The van der Waals surface area contributed by atoms with E-state index in [0.717, 1.165) is 4.31 Å². The molecule has 1 fully saturated rings. The van der Waals surface area contributed by atoms with Gasteiger partial charge in [0.25, 0.3) is 0 Å². The standard InChI is InChI=1S/C13H18N2O4S/c1-13(2)12(17)14(3)8-9-15(13)20(18,19)11-7-5-4-6-10(11)16/h4-7,16H,8-9H2,1-3H3. The summed E-state index contributed by atoms with van der Waals surface area (Å²) < 4.78 is 26.5. The predicted octanol–water partition coefficient (Wildman–Crippen LogP) is 0.633. The molecule has 1 amide bonds. The van der Waals surface area contributed by atoms with E-state index in [0.29, 0.717) is 6.54 Å². The van der Waals surface area contributed by atoms with Crippen LogP contribution in [0.5, 0.6) is 5.75 Å². The van der Waals surface area contributed by atoms with Gasteiger partial charge < -0.3 is 10.0 Å². The largest absolute Gasteiger partial charge is 0.507 e. The first-order valence-electron chi connectivity index (χ1n) is 6.25. The molecule has 1 aliphatic rings. The number of sulfonamides is 1. The molecule has 110 valence electrons. The molecule has 1 aromatic rings. The molecule has 0 spiro atoms. The molecular weight excluding hydrogens is 280 g/mol. The maximum Gasteiger partial charge on any atom is 0.247 e.